The number of pyridine rings is 1. The van der Waals surface area contributed by atoms with Crippen LogP contribution in [0.1, 0.15) is 36.0 Å². The molecule has 0 radical (unpaired) electrons. The van der Waals surface area contributed by atoms with E-state index in [1.165, 1.54) is 11.3 Å². The zero-order valence-electron chi connectivity index (χ0n) is 11.5. The highest BCUT2D eigenvalue weighted by atomic mass is 32.2. The Morgan fingerprint density at radius 3 is 2.95 bits per heavy atom. The van der Waals surface area contributed by atoms with Crippen LogP contribution in [-0.2, 0) is 16.0 Å². The summed E-state index contributed by atoms with van der Waals surface area (Å²) in [5.41, 5.74) is 8.74. The molecular formula is C15H17N3OS. The first-order chi connectivity index (χ1) is 9.49. The number of fused-ring (bicyclic) bond motifs is 1. The summed E-state index contributed by atoms with van der Waals surface area (Å²) < 4.78 is 2.19. The molecule has 1 aliphatic heterocycles. The molecule has 0 spiro atoms. The van der Waals surface area contributed by atoms with Crippen molar-refractivity contribution in [2.24, 2.45) is 5.73 Å². The first-order valence-corrected chi connectivity index (χ1v) is 7.43. The maximum Gasteiger partial charge on any atom is 0.221 e. The van der Waals surface area contributed by atoms with Crippen molar-refractivity contribution < 1.29 is 4.79 Å². The van der Waals surface area contributed by atoms with Crippen LogP contribution in [0.25, 0.3) is 0 Å². The molecule has 0 bridgehead atoms. The first-order valence-electron chi connectivity index (χ1n) is 6.55. The van der Waals surface area contributed by atoms with E-state index in [0.29, 0.717) is 6.42 Å². The summed E-state index contributed by atoms with van der Waals surface area (Å²) in [7, 11) is 0. The smallest absolute Gasteiger partial charge is 0.221 e. The number of hydrogen-bond acceptors (Lipinski definition) is 3. The lowest BCUT2D eigenvalue weighted by Gasteiger charge is -2.18. The van der Waals surface area contributed by atoms with Crippen molar-refractivity contribution in [3.8, 4) is 0 Å². The molecule has 4 nitrogen and oxygen atoms in total. The highest BCUT2D eigenvalue weighted by Gasteiger charge is 2.40. The van der Waals surface area contributed by atoms with Crippen LogP contribution in [0.2, 0.25) is 0 Å². The Balaban J connectivity index is 2.06. The Hall–Kier alpha value is -1.75. The molecule has 0 saturated carbocycles. The minimum Gasteiger partial charge on any atom is -0.369 e. The third-order valence-electron chi connectivity index (χ3n) is 3.56. The van der Waals surface area contributed by atoms with Crippen LogP contribution in [0.4, 0.5) is 0 Å². The zero-order valence-corrected chi connectivity index (χ0v) is 12.4. The van der Waals surface area contributed by atoms with Crippen LogP contribution in [0.15, 0.2) is 36.8 Å². The Bertz CT molecular complexity index is 648. The van der Waals surface area contributed by atoms with Gasteiger partial charge in [0.1, 0.15) is 5.37 Å². The number of aromatic nitrogens is 2. The summed E-state index contributed by atoms with van der Waals surface area (Å²) in [5.74, 6) is -0.287. The lowest BCUT2D eigenvalue weighted by atomic mass is 10.0. The number of carbonyl (C=O) groups is 1. The van der Waals surface area contributed by atoms with Crippen molar-refractivity contribution in [1.82, 2.24) is 9.55 Å². The number of thioether (sulfide) groups is 1. The van der Waals surface area contributed by atoms with Crippen molar-refractivity contribution in [2.45, 2.75) is 30.4 Å². The number of nitrogens with two attached hydrogens (primary N) is 1. The maximum atomic E-state index is 11.2. The van der Waals surface area contributed by atoms with E-state index in [9.17, 15) is 4.79 Å². The van der Waals surface area contributed by atoms with Crippen LogP contribution in [-0.4, -0.2) is 15.5 Å². The zero-order chi connectivity index (χ0) is 14.3. The third-order valence-corrected chi connectivity index (χ3v) is 5.07. The van der Waals surface area contributed by atoms with Crippen molar-refractivity contribution in [2.75, 3.05) is 0 Å². The lowest BCUT2D eigenvalue weighted by molar-refractivity contribution is -0.117. The molecular weight excluding hydrogens is 270 g/mol. The second kappa shape index (κ2) is 4.66. The summed E-state index contributed by atoms with van der Waals surface area (Å²) in [6.07, 6.45) is 6.03. The Kier molecular flexibility index (Phi) is 3.09. The minimum atomic E-state index is -0.287. The highest BCUT2D eigenvalue weighted by Crippen LogP contribution is 2.54. The van der Waals surface area contributed by atoms with Gasteiger partial charge in [0, 0.05) is 29.8 Å². The summed E-state index contributed by atoms with van der Waals surface area (Å²) >= 11 is 1.87. The van der Waals surface area contributed by atoms with Crippen LogP contribution < -0.4 is 5.73 Å². The Morgan fingerprint density at radius 2 is 2.30 bits per heavy atom. The number of nitrogens with zero attached hydrogens (tertiary/aromatic N) is 2. The van der Waals surface area contributed by atoms with Gasteiger partial charge in [0.2, 0.25) is 5.91 Å². The summed E-state index contributed by atoms with van der Waals surface area (Å²) in [6.45, 7) is 4.37. The SMILES string of the molecule is CC1(C)SC(c2cccnc2)n2ccc(CC(N)=O)c21. The number of rotatable bonds is 3. The van der Waals surface area contributed by atoms with Crippen molar-refractivity contribution in [3.05, 3.63) is 53.6 Å². The molecule has 2 N–H and O–H groups in total. The van der Waals surface area contributed by atoms with Crippen LogP contribution >= 0.6 is 11.8 Å². The highest BCUT2D eigenvalue weighted by molar-refractivity contribution is 8.00. The quantitative estimate of drug-likeness (QED) is 0.943. The second-order valence-corrected chi connectivity index (χ2v) is 7.21. The molecule has 0 fully saturated rings. The van der Waals surface area contributed by atoms with E-state index >= 15 is 0 Å². The van der Waals surface area contributed by atoms with Gasteiger partial charge in [-0.2, -0.15) is 0 Å². The van der Waals surface area contributed by atoms with Crippen LogP contribution in [0.3, 0.4) is 0 Å². The molecule has 1 atom stereocenters. The van der Waals surface area contributed by atoms with Crippen LogP contribution in [0.5, 0.6) is 0 Å². The molecule has 1 amide bonds. The van der Waals surface area contributed by atoms with E-state index in [-0.39, 0.29) is 16.0 Å². The Morgan fingerprint density at radius 1 is 1.50 bits per heavy atom. The van der Waals surface area contributed by atoms with Gasteiger partial charge in [-0.3, -0.25) is 9.78 Å². The molecule has 5 heteroatoms. The summed E-state index contributed by atoms with van der Waals surface area (Å²) in [5, 5.41) is 0.204. The fourth-order valence-corrected chi connectivity index (χ4v) is 4.33. The van der Waals surface area contributed by atoms with E-state index in [4.69, 9.17) is 5.73 Å². The molecule has 0 aromatic carbocycles. The molecule has 2 aromatic rings. The predicted molar refractivity (Wildman–Crippen MR) is 80.3 cm³/mol. The van der Waals surface area contributed by atoms with E-state index in [2.05, 4.69) is 29.5 Å². The van der Waals surface area contributed by atoms with Gasteiger partial charge in [0.15, 0.2) is 0 Å². The molecule has 3 heterocycles. The van der Waals surface area contributed by atoms with Gasteiger partial charge in [0.25, 0.3) is 0 Å². The molecule has 1 aliphatic rings. The second-order valence-electron chi connectivity index (χ2n) is 5.51. The van der Waals surface area contributed by atoms with E-state index in [1.54, 1.807) is 6.20 Å². The number of primary amides is 1. The van der Waals surface area contributed by atoms with Crippen molar-refractivity contribution >= 4 is 17.7 Å². The van der Waals surface area contributed by atoms with Gasteiger partial charge in [-0.25, -0.2) is 0 Å². The summed E-state index contributed by atoms with van der Waals surface area (Å²) in [4.78, 5) is 15.4. The standard InChI is InChI=1S/C15H17N3OS/c1-15(2)13-10(8-12(16)19)5-7-18(13)14(20-15)11-4-3-6-17-9-11/h3-7,9,14H,8H2,1-2H3,(H2,16,19). The number of carbonyl (C=O) groups excluding carboxylic acids is 1. The largest absolute Gasteiger partial charge is 0.369 e. The van der Waals surface area contributed by atoms with E-state index < -0.39 is 0 Å². The topological polar surface area (TPSA) is 60.9 Å². The molecule has 1 unspecified atom stereocenters. The predicted octanol–water partition coefficient (Wildman–Crippen LogP) is 2.44. The van der Waals surface area contributed by atoms with Crippen LogP contribution in [0, 0.1) is 0 Å². The average Bonchev–Trinajstić information content (AvgIpc) is 2.91. The van der Waals surface area contributed by atoms with E-state index in [1.807, 2.05) is 36.3 Å². The van der Waals surface area contributed by atoms with E-state index in [0.717, 1.165) is 5.56 Å². The van der Waals surface area contributed by atoms with Crippen molar-refractivity contribution in [1.29, 1.82) is 0 Å². The van der Waals surface area contributed by atoms with Gasteiger partial charge >= 0.3 is 0 Å². The average molecular weight is 287 g/mol. The third kappa shape index (κ3) is 2.12. The van der Waals surface area contributed by atoms with Gasteiger partial charge in [-0.15, -0.1) is 11.8 Å². The van der Waals surface area contributed by atoms with Gasteiger partial charge in [-0.05, 0) is 31.5 Å². The molecule has 20 heavy (non-hydrogen) atoms. The molecule has 104 valence electrons. The van der Waals surface area contributed by atoms with Gasteiger partial charge in [-0.1, -0.05) is 6.07 Å². The lowest BCUT2D eigenvalue weighted by Crippen LogP contribution is -2.17. The fourth-order valence-electron chi connectivity index (χ4n) is 2.86. The molecule has 0 saturated heterocycles. The molecule has 2 aromatic heterocycles. The maximum absolute atomic E-state index is 11.2. The Labute approximate surface area is 122 Å². The number of amides is 1. The van der Waals surface area contributed by atoms with Gasteiger partial charge < -0.3 is 10.3 Å². The molecule has 3 rings (SSSR count). The summed E-state index contributed by atoms with van der Waals surface area (Å²) in [6, 6.07) is 6.04. The monoisotopic (exact) mass is 287 g/mol. The van der Waals surface area contributed by atoms with Gasteiger partial charge in [0.05, 0.1) is 11.2 Å². The normalized spacial score (nSPS) is 19.8. The number of hydrogen-bond donors (Lipinski definition) is 1. The van der Waals surface area contributed by atoms with Crippen molar-refractivity contribution in [3.63, 3.8) is 0 Å². The minimum absolute atomic E-state index is 0.0468. The first kappa shape index (κ1) is 13.2. The molecule has 0 aliphatic carbocycles. The fraction of sp³-hybridized carbons (Fsp3) is 0.333.